The standard InChI is InChI=1S/C21H23N5O4S/c1-13-9-14-12-22-24-20(14)19(10-13)31(28,29)26-6-5-17(26)21(27)23-15-3-4-16-18(11-15)30-8-7-25(16)2/h3-4,9-12,17H,5-8H2,1-2H3,(H,22,24)(H,23,27)/t17-/m0/s1. The van der Waals surface area contributed by atoms with Crippen molar-refractivity contribution in [2.24, 2.45) is 0 Å². The van der Waals surface area contributed by atoms with Crippen molar-refractivity contribution in [2.45, 2.75) is 24.3 Å². The summed E-state index contributed by atoms with van der Waals surface area (Å²) in [7, 11) is -1.87. The Morgan fingerprint density at radius 3 is 2.87 bits per heavy atom. The molecule has 10 heteroatoms. The number of sulfonamides is 1. The van der Waals surface area contributed by atoms with E-state index in [0.717, 1.165) is 23.2 Å². The Balaban J connectivity index is 1.38. The quantitative estimate of drug-likeness (QED) is 0.642. The van der Waals surface area contributed by atoms with E-state index in [1.54, 1.807) is 24.4 Å². The number of aryl methyl sites for hydroxylation is 1. The highest BCUT2D eigenvalue weighted by molar-refractivity contribution is 7.89. The summed E-state index contributed by atoms with van der Waals surface area (Å²) in [5.74, 6) is 0.346. The zero-order valence-electron chi connectivity index (χ0n) is 17.3. The van der Waals surface area contributed by atoms with Crippen molar-refractivity contribution in [2.75, 3.05) is 37.0 Å². The molecule has 0 bridgehead atoms. The fraction of sp³-hybridized carbons (Fsp3) is 0.333. The summed E-state index contributed by atoms with van der Waals surface area (Å²) in [4.78, 5) is 15.1. The second-order valence-electron chi connectivity index (χ2n) is 7.96. The predicted molar refractivity (Wildman–Crippen MR) is 117 cm³/mol. The number of rotatable bonds is 4. The molecule has 1 saturated heterocycles. The third-order valence-electron chi connectivity index (χ3n) is 5.84. The van der Waals surface area contributed by atoms with Crippen molar-refractivity contribution in [3.63, 3.8) is 0 Å². The number of hydrogen-bond acceptors (Lipinski definition) is 6. The fourth-order valence-corrected chi connectivity index (χ4v) is 5.96. The van der Waals surface area contributed by atoms with Crippen LogP contribution in [0.25, 0.3) is 10.9 Å². The van der Waals surface area contributed by atoms with Gasteiger partial charge in [-0.3, -0.25) is 9.89 Å². The normalized spacial score (nSPS) is 18.9. The molecule has 2 aliphatic rings. The second kappa shape index (κ2) is 7.24. The fourth-order valence-electron chi connectivity index (χ4n) is 4.07. The van der Waals surface area contributed by atoms with Crippen LogP contribution in [0.15, 0.2) is 41.4 Å². The van der Waals surface area contributed by atoms with Crippen LogP contribution in [0.3, 0.4) is 0 Å². The molecule has 1 fully saturated rings. The maximum absolute atomic E-state index is 13.3. The van der Waals surface area contributed by atoms with Gasteiger partial charge in [-0.25, -0.2) is 8.42 Å². The molecule has 5 rings (SSSR count). The van der Waals surface area contributed by atoms with Crippen LogP contribution in [0.5, 0.6) is 5.75 Å². The number of nitrogens with one attached hydrogen (secondary N) is 2. The lowest BCUT2D eigenvalue weighted by Gasteiger charge is -2.38. The minimum Gasteiger partial charge on any atom is -0.489 e. The molecule has 0 unspecified atom stereocenters. The number of ether oxygens (including phenoxy) is 1. The Morgan fingerprint density at radius 2 is 2.10 bits per heavy atom. The highest BCUT2D eigenvalue weighted by Gasteiger charge is 2.43. The van der Waals surface area contributed by atoms with Gasteiger partial charge in [0.25, 0.3) is 0 Å². The van der Waals surface area contributed by atoms with E-state index in [-0.39, 0.29) is 10.8 Å². The zero-order valence-corrected chi connectivity index (χ0v) is 18.1. The Morgan fingerprint density at radius 1 is 1.26 bits per heavy atom. The van der Waals surface area contributed by atoms with Crippen LogP contribution in [-0.4, -0.2) is 61.6 Å². The van der Waals surface area contributed by atoms with Crippen molar-refractivity contribution < 1.29 is 17.9 Å². The van der Waals surface area contributed by atoms with Gasteiger partial charge in [0.1, 0.15) is 23.3 Å². The van der Waals surface area contributed by atoms with Crippen molar-refractivity contribution >= 4 is 38.2 Å². The smallest absolute Gasteiger partial charge is 0.245 e. The van der Waals surface area contributed by atoms with Gasteiger partial charge < -0.3 is 15.0 Å². The number of carbonyl (C=O) groups is 1. The molecule has 2 N–H and O–H groups in total. The number of aromatic nitrogens is 2. The zero-order chi connectivity index (χ0) is 21.8. The molecule has 1 aromatic heterocycles. The number of amides is 1. The number of aromatic amines is 1. The van der Waals surface area contributed by atoms with Crippen LogP contribution >= 0.6 is 0 Å². The van der Waals surface area contributed by atoms with Gasteiger partial charge in [0, 0.05) is 30.7 Å². The molecular weight excluding hydrogens is 418 g/mol. The molecule has 3 aromatic rings. The number of fused-ring (bicyclic) bond motifs is 2. The van der Waals surface area contributed by atoms with Crippen LogP contribution in [-0.2, 0) is 14.8 Å². The Hall–Kier alpha value is -3.11. The van der Waals surface area contributed by atoms with Gasteiger partial charge in [0.05, 0.1) is 23.9 Å². The van der Waals surface area contributed by atoms with Crippen LogP contribution in [0.1, 0.15) is 12.0 Å². The molecule has 0 saturated carbocycles. The Labute approximate surface area is 180 Å². The average molecular weight is 442 g/mol. The lowest BCUT2D eigenvalue weighted by Crippen LogP contribution is -2.56. The van der Waals surface area contributed by atoms with Gasteiger partial charge in [-0.05, 0) is 43.2 Å². The van der Waals surface area contributed by atoms with Crippen LogP contribution in [0.4, 0.5) is 11.4 Å². The molecule has 1 amide bonds. The molecular formula is C21H23N5O4S. The summed E-state index contributed by atoms with van der Waals surface area (Å²) in [5.41, 5.74) is 2.80. The van der Waals surface area contributed by atoms with E-state index in [9.17, 15) is 13.2 Å². The average Bonchev–Trinajstić information content (AvgIpc) is 3.14. The maximum Gasteiger partial charge on any atom is 0.245 e. The molecule has 9 nitrogen and oxygen atoms in total. The molecule has 2 aliphatic heterocycles. The molecule has 1 atom stereocenters. The molecule has 31 heavy (non-hydrogen) atoms. The first-order valence-corrected chi connectivity index (χ1v) is 11.5. The van der Waals surface area contributed by atoms with Crippen molar-refractivity contribution in [3.8, 4) is 5.75 Å². The SMILES string of the molecule is Cc1cc(S(=O)(=O)N2CC[C@H]2C(=O)Nc2ccc3c(c2)OCCN3C)c2[nH]ncc2c1. The number of carbonyl (C=O) groups excluding carboxylic acids is 1. The van der Waals surface area contributed by atoms with Gasteiger partial charge in [-0.1, -0.05) is 0 Å². The Bertz CT molecular complexity index is 1290. The molecule has 0 spiro atoms. The highest BCUT2D eigenvalue weighted by Crippen LogP contribution is 2.35. The van der Waals surface area contributed by atoms with E-state index in [4.69, 9.17) is 4.74 Å². The van der Waals surface area contributed by atoms with E-state index in [1.165, 1.54) is 4.31 Å². The highest BCUT2D eigenvalue weighted by atomic mass is 32.2. The summed E-state index contributed by atoms with van der Waals surface area (Å²) < 4.78 is 33.6. The molecule has 3 heterocycles. The predicted octanol–water partition coefficient (Wildman–Crippen LogP) is 2.10. The molecule has 0 radical (unpaired) electrons. The number of hydrogen-bond donors (Lipinski definition) is 2. The van der Waals surface area contributed by atoms with Gasteiger partial charge in [0.2, 0.25) is 15.9 Å². The first-order valence-electron chi connectivity index (χ1n) is 10.1. The number of anilines is 2. The van der Waals surface area contributed by atoms with Crippen molar-refractivity contribution in [3.05, 3.63) is 42.1 Å². The minimum atomic E-state index is -3.86. The first-order chi connectivity index (χ1) is 14.8. The molecule has 162 valence electrons. The van der Waals surface area contributed by atoms with E-state index in [1.807, 2.05) is 26.1 Å². The summed E-state index contributed by atoms with van der Waals surface area (Å²) in [6, 6.07) is 8.18. The maximum atomic E-state index is 13.3. The van der Waals surface area contributed by atoms with Crippen LogP contribution < -0.4 is 15.0 Å². The van der Waals surface area contributed by atoms with E-state index < -0.39 is 16.1 Å². The number of likely N-dealkylation sites (N-methyl/N-ethyl adjacent to an activating group) is 1. The lowest BCUT2D eigenvalue weighted by atomic mass is 10.1. The minimum absolute atomic E-state index is 0.141. The summed E-state index contributed by atoms with van der Waals surface area (Å²) in [6.45, 7) is 3.51. The number of benzene rings is 2. The Kier molecular flexibility index (Phi) is 4.63. The second-order valence-corrected chi connectivity index (χ2v) is 9.82. The van der Waals surface area contributed by atoms with Crippen LogP contribution in [0.2, 0.25) is 0 Å². The number of H-pyrrole nitrogens is 1. The van der Waals surface area contributed by atoms with Crippen molar-refractivity contribution in [1.29, 1.82) is 0 Å². The lowest BCUT2D eigenvalue weighted by molar-refractivity contribution is -0.122. The van der Waals surface area contributed by atoms with E-state index in [2.05, 4.69) is 20.4 Å². The molecule has 2 aromatic carbocycles. The largest absolute Gasteiger partial charge is 0.489 e. The third-order valence-corrected chi connectivity index (χ3v) is 7.77. The third kappa shape index (κ3) is 3.31. The molecule has 0 aliphatic carbocycles. The van der Waals surface area contributed by atoms with Gasteiger partial charge >= 0.3 is 0 Å². The summed E-state index contributed by atoms with van der Waals surface area (Å²) in [6.07, 6.45) is 2.06. The van der Waals surface area contributed by atoms with E-state index >= 15 is 0 Å². The van der Waals surface area contributed by atoms with Gasteiger partial charge in [0.15, 0.2) is 0 Å². The first kappa shape index (κ1) is 19.8. The van der Waals surface area contributed by atoms with E-state index in [0.29, 0.717) is 36.5 Å². The van der Waals surface area contributed by atoms with Crippen LogP contribution in [0, 0.1) is 6.92 Å². The van der Waals surface area contributed by atoms with Gasteiger partial charge in [-0.2, -0.15) is 9.40 Å². The summed E-state index contributed by atoms with van der Waals surface area (Å²) >= 11 is 0. The van der Waals surface area contributed by atoms with Gasteiger partial charge in [-0.15, -0.1) is 0 Å². The number of nitrogens with zero attached hydrogens (tertiary/aromatic N) is 3. The topological polar surface area (TPSA) is 108 Å². The van der Waals surface area contributed by atoms with Crippen molar-refractivity contribution in [1.82, 2.24) is 14.5 Å². The summed E-state index contributed by atoms with van der Waals surface area (Å²) in [5, 5.41) is 10.3. The monoisotopic (exact) mass is 441 g/mol.